The van der Waals surface area contributed by atoms with Crippen LogP contribution >= 0.6 is 0 Å². The Morgan fingerprint density at radius 2 is 2.21 bits per heavy atom. The molecule has 1 amide bonds. The topological polar surface area (TPSA) is 65.2 Å². The number of aryl methyl sites for hydroxylation is 1. The van der Waals surface area contributed by atoms with Crippen molar-refractivity contribution in [2.24, 2.45) is 5.73 Å². The minimum atomic E-state index is -0.673. The van der Waals surface area contributed by atoms with Crippen LogP contribution in [0.15, 0.2) is 36.5 Å². The molecular formula is C14H13FN2O2. The van der Waals surface area contributed by atoms with Gasteiger partial charge in [0.1, 0.15) is 5.56 Å². The molecule has 1 aromatic carbocycles. The van der Waals surface area contributed by atoms with Crippen LogP contribution in [0.4, 0.5) is 4.39 Å². The Morgan fingerprint density at radius 1 is 1.42 bits per heavy atom. The van der Waals surface area contributed by atoms with E-state index < -0.39 is 11.7 Å². The number of halogens is 1. The van der Waals surface area contributed by atoms with Crippen LogP contribution in [-0.2, 0) is 6.42 Å². The van der Waals surface area contributed by atoms with Crippen LogP contribution < -0.4 is 10.5 Å². The quantitative estimate of drug-likeness (QED) is 0.919. The molecule has 2 aromatic rings. The molecular weight excluding hydrogens is 247 g/mol. The molecule has 0 unspecified atom stereocenters. The average molecular weight is 260 g/mol. The lowest BCUT2D eigenvalue weighted by molar-refractivity contribution is 0.0997. The van der Waals surface area contributed by atoms with Crippen molar-refractivity contribution < 1.29 is 13.9 Å². The summed E-state index contributed by atoms with van der Waals surface area (Å²) in [6, 6.07) is 7.69. The molecule has 2 N–H and O–H groups in total. The minimum absolute atomic E-state index is 0.00171. The summed E-state index contributed by atoms with van der Waals surface area (Å²) in [7, 11) is 0. The van der Waals surface area contributed by atoms with Gasteiger partial charge in [-0.2, -0.15) is 0 Å². The molecule has 4 nitrogen and oxygen atoms in total. The Hall–Kier alpha value is -2.43. The summed E-state index contributed by atoms with van der Waals surface area (Å²) in [5.41, 5.74) is 6.17. The van der Waals surface area contributed by atoms with Crippen LogP contribution in [0.5, 0.6) is 11.6 Å². The third-order valence-corrected chi connectivity index (χ3v) is 2.65. The van der Waals surface area contributed by atoms with Gasteiger partial charge in [-0.05, 0) is 36.2 Å². The second-order valence-corrected chi connectivity index (χ2v) is 3.94. The van der Waals surface area contributed by atoms with E-state index in [1.807, 2.05) is 6.92 Å². The zero-order valence-corrected chi connectivity index (χ0v) is 10.4. The Bertz CT molecular complexity index is 614. The molecule has 0 atom stereocenters. The van der Waals surface area contributed by atoms with Gasteiger partial charge in [0, 0.05) is 6.20 Å². The number of aromatic nitrogens is 1. The fourth-order valence-corrected chi connectivity index (χ4v) is 1.61. The average Bonchev–Trinajstić information content (AvgIpc) is 2.41. The van der Waals surface area contributed by atoms with Crippen molar-refractivity contribution in [2.75, 3.05) is 0 Å². The van der Waals surface area contributed by atoms with Crippen molar-refractivity contribution in [1.82, 2.24) is 4.98 Å². The van der Waals surface area contributed by atoms with Crippen molar-refractivity contribution in [3.05, 3.63) is 53.5 Å². The van der Waals surface area contributed by atoms with E-state index >= 15 is 0 Å². The number of rotatable bonds is 4. The van der Waals surface area contributed by atoms with E-state index in [1.54, 1.807) is 12.1 Å². The summed E-state index contributed by atoms with van der Waals surface area (Å²) in [5, 5.41) is 0. The minimum Gasteiger partial charge on any atom is -0.435 e. The van der Waals surface area contributed by atoms with E-state index in [9.17, 15) is 9.18 Å². The van der Waals surface area contributed by atoms with Gasteiger partial charge in [0.25, 0.3) is 5.91 Å². The van der Waals surface area contributed by atoms with Gasteiger partial charge in [0.05, 0.1) is 0 Å². The van der Waals surface area contributed by atoms with Crippen molar-refractivity contribution >= 4 is 5.91 Å². The smallest absolute Gasteiger partial charge is 0.254 e. The number of carbonyl (C=O) groups is 1. The molecule has 0 saturated carbocycles. The standard InChI is InChI=1S/C14H13FN2O2/c1-2-9-5-6-12(11(15)8-9)19-14-10(13(16)18)4-3-7-17-14/h3-8H,2H2,1H3,(H2,16,18). The van der Waals surface area contributed by atoms with Crippen molar-refractivity contribution in [1.29, 1.82) is 0 Å². The van der Waals surface area contributed by atoms with Gasteiger partial charge >= 0.3 is 0 Å². The highest BCUT2D eigenvalue weighted by Crippen LogP contribution is 2.26. The number of carbonyl (C=O) groups excluding carboxylic acids is 1. The number of pyridine rings is 1. The molecule has 0 bridgehead atoms. The van der Waals surface area contributed by atoms with E-state index in [2.05, 4.69) is 4.98 Å². The first-order valence-corrected chi connectivity index (χ1v) is 5.83. The maximum absolute atomic E-state index is 13.8. The summed E-state index contributed by atoms with van der Waals surface area (Å²) in [6.45, 7) is 1.93. The Balaban J connectivity index is 2.34. The lowest BCUT2D eigenvalue weighted by Gasteiger charge is -2.09. The molecule has 1 aromatic heterocycles. The number of hydrogen-bond donors (Lipinski definition) is 1. The normalized spacial score (nSPS) is 10.2. The highest BCUT2D eigenvalue weighted by Gasteiger charge is 2.13. The first-order chi connectivity index (χ1) is 9.11. The third kappa shape index (κ3) is 2.88. The van der Waals surface area contributed by atoms with Gasteiger partial charge in [-0.3, -0.25) is 4.79 Å². The molecule has 1 heterocycles. The number of amides is 1. The van der Waals surface area contributed by atoms with E-state index in [4.69, 9.17) is 10.5 Å². The van der Waals surface area contributed by atoms with Crippen molar-refractivity contribution in [2.45, 2.75) is 13.3 Å². The monoisotopic (exact) mass is 260 g/mol. The van der Waals surface area contributed by atoms with Gasteiger partial charge in [0.2, 0.25) is 5.88 Å². The summed E-state index contributed by atoms with van der Waals surface area (Å²) >= 11 is 0. The SMILES string of the molecule is CCc1ccc(Oc2ncccc2C(N)=O)c(F)c1. The molecule has 0 aliphatic carbocycles. The van der Waals surface area contributed by atoms with Crippen LogP contribution in [0.3, 0.4) is 0 Å². The summed E-state index contributed by atoms with van der Waals surface area (Å²) in [5.74, 6) is -1.16. The number of benzene rings is 1. The van der Waals surface area contributed by atoms with Crippen LogP contribution in [0.2, 0.25) is 0 Å². The molecule has 98 valence electrons. The largest absolute Gasteiger partial charge is 0.435 e. The highest BCUT2D eigenvalue weighted by molar-refractivity contribution is 5.95. The summed E-state index contributed by atoms with van der Waals surface area (Å²) < 4.78 is 19.1. The Kier molecular flexibility index (Phi) is 3.75. The Labute approximate surface area is 110 Å². The van der Waals surface area contributed by atoms with Crippen LogP contribution in [0.1, 0.15) is 22.8 Å². The Morgan fingerprint density at radius 3 is 2.84 bits per heavy atom. The van der Waals surface area contributed by atoms with Crippen molar-refractivity contribution in [3.8, 4) is 11.6 Å². The van der Waals surface area contributed by atoms with E-state index in [0.717, 1.165) is 12.0 Å². The molecule has 0 saturated heterocycles. The second kappa shape index (κ2) is 5.48. The summed E-state index contributed by atoms with van der Waals surface area (Å²) in [6.07, 6.45) is 2.17. The number of ether oxygens (including phenoxy) is 1. The lowest BCUT2D eigenvalue weighted by Crippen LogP contribution is -2.12. The molecule has 0 fully saturated rings. The molecule has 0 radical (unpaired) electrons. The second-order valence-electron chi connectivity index (χ2n) is 3.94. The van der Waals surface area contributed by atoms with E-state index in [0.29, 0.717) is 0 Å². The summed E-state index contributed by atoms with van der Waals surface area (Å²) in [4.78, 5) is 15.1. The maximum Gasteiger partial charge on any atom is 0.254 e. The van der Waals surface area contributed by atoms with E-state index in [-0.39, 0.29) is 17.2 Å². The molecule has 0 aliphatic rings. The first kappa shape index (κ1) is 13.0. The van der Waals surface area contributed by atoms with Gasteiger partial charge in [-0.25, -0.2) is 9.37 Å². The number of hydrogen-bond acceptors (Lipinski definition) is 3. The third-order valence-electron chi connectivity index (χ3n) is 2.65. The predicted molar refractivity (Wildman–Crippen MR) is 68.6 cm³/mol. The fourth-order valence-electron chi connectivity index (χ4n) is 1.61. The zero-order valence-electron chi connectivity index (χ0n) is 10.4. The lowest BCUT2D eigenvalue weighted by atomic mass is 10.1. The molecule has 5 heteroatoms. The molecule has 0 spiro atoms. The fraction of sp³-hybridized carbons (Fsp3) is 0.143. The zero-order chi connectivity index (χ0) is 13.8. The van der Waals surface area contributed by atoms with Gasteiger partial charge in [-0.15, -0.1) is 0 Å². The van der Waals surface area contributed by atoms with Gasteiger partial charge in [0.15, 0.2) is 11.6 Å². The highest BCUT2D eigenvalue weighted by atomic mass is 19.1. The molecule has 0 aliphatic heterocycles. The van der Waals surface area contributed by atoms with Crippen LogP contribution in [0.25, 0.3) is 0 Å². The number of nitrogens with two attached hydrogens (primary N) is 1. The predicted octanol–water partition coefficient (Wildman–Crippen LogP) is 2.67. The van der Waals surface area contributed by atoms with Crippen LogP contribution in [-0.4, -0.2) is 10.9 Å². The number of nitrogens with zero attached hydrogens (tertiary/aromatic N) is 1. The first-order valence-electron chi connectivity index (χ1n) is 5.83. The maximum atomic E-state index is 13.8. The van der Waals surface area contributed by atoms with Crippen LogP contribution in [0, 0.1) is 5.82 Å². The molecule has 19 heavy (non-hydrogen) atoms. The van der Waals surface area contributed by atoms with E-state index in [1.165, 1.54) is 24.4 Å². The van der Waals surface area contributed by atoms with Gasteiger partial charge in [-0.1, -0.05) is 13.0 Å². The molecule has 2 rings (SSSR count). The van der Waals surface area contributed by atoms with Crippen molar-refractivity contribution in [3.63, 3.8) is 0 Å². The van der Waals surface area contributed by atoms with Gasteiger partial charge < -0.3 is 10.5 Å². The number of primary amides is 1.